The second-order valence-electron chi connectivity index (χ2n) is 7.10. The van der Waals surface area contributed by atoms with Crippen LogP contribution in [0.2, 0.25) is 0 Å². The normalized spacial score (nSPS) is 10.8. The van der Waals surface area contributed by atoms with Gasteiger partial charge in [-0.3, -0.25) is 4.79 Å². The smallest absolute Gasteiger partial charge is 0.223 e. The molecule has 0 unspecified atom stereocenters. The molecule has 3 rings (SSSR count). The van der Waals surface area contributed by atoms with Gasteiger partial charge in [-0.2, -0.15) is 0 Å². The van der Waals surface area contributed by atoms with Gasteiger partial charge in [0.15, 0.2) is 0 Å². The maximum atomic E-state index is 13.5. The van der Waals surface area contributed by atoms with Crippen molar-refractivity contribution in [1.82, 2.24) is 9.47 Å². The minimum atomic E-state index is -0.230. The number of aromatic nitrogens is 1. The Morgan fingerprint density at radius 2 is 1.75 bits per heavy atom. The molecule has 0 saturated heterocycles. The highest BCUT2D eigenvalue weighted by Crippen LogP contribution is 2.15. The third-order valence-corrected chi connectivity index (χ3v) is 4.83. The zero-order valence-electron chi connectivity index (χ0n) is 16.4. The van der Waals surface area contributed by atoms with Gasteiger partial charge in [0.2, 0.25) is 5.91 Å². The molecule has 0 radical (unpaired) electrons. The molecule has 1 aromatic heterocycles. The van der Waals surface area contributed by atoms with E-state index in [0.29, 0.717) is 26.1 Å². The van der Waals surface area contributed by atoms with Crippen LogP contribution in [0.1, 0.15) is 43.0 Å². The Morgan fingerprint density at radius 3 is 2.50 bits per heavy atom. The van der Waals surface area contributed by atoms with Crippen LogP contribution >= 0.6 is 0 Å². The number of benzene rings is 2. The van der Waals surface area contributed by atoms with Crippen molar-refractivity contribution in [2.75, 3.05) is 0 Å². The molecule has 0 aliphatic heterocycles. The van der Waals surface area contributed by atoms with Gasteiger partial charge in [0.05, 0.1) is 6.54 Å². The minimum absolute atomic E-state index is 0.171. The fourth-order valence-corrected chi connectivity index (χ4v) is 3.30. The van der Waals surface area contributed by atoms with Crippen LogP contribution in [0.25, 0.3) is 0 Å². The molecule has 0 aliphatic carbocycles. The van der Waals surface area contributed by atoms with Crippen molar-refractivity contribution in [1.29, 1.82) is 0 Å². The standard InChI is InChI=1S/C24H27FN2O/c1-2-3-14-24(28)27(17-20-9-5-4-6-10-20)19-23-13-8-15-26(23)18-21-11-7-12-22(25)16-21/h4-13,15-16H,2-3,14,17-19H2,1H3. The molecule has 0 fully saturated rings. The number of amides is 1. The predicted octanol–water partition coefficient (Wildman–Crippen LogP) is 5.39. The van der Waals surface area contributed by atoms with E-state index >= 15 is 0 Å². The summed E-state index contributed by atoms with van der Waals surface area (Å²) in [4.78, 5) is 14.7. The van der Waals surface area contributed by atoms with Crippen molar-refractivity contribution in [3.63, 3.8) is 0 Å². The quantitative estimate of drug-likeness (QED) is 0.490. The summed E-state index contributed by atoms with van der Waals surface area (Å²) in [5.41, 5.74) is 3.07. The highest BCUT2D eigenvalue weighted by molar-refractivity contribution is 5.76. The van der Waals surface area contributed by atoms with Crippen molar-refractivity contribution in [3.8, 4) is 0 Å². The van der Waals surface area contributed by atoms with E-state index in [2.05, 4.69) is 11.5 Å². The Labute approximate surface area is 166 Å². The Morgan fingerprint density at radius 1 is 0.964 bits per heavy atom. The van der Waals surface area contributed by atoms with Gasteiger partial charge in [0.1, 0.15) is 5.82 Å². The Kier molecular flexibility index (Phi) is 7.01. The van der Waals surface area contributed by atoms with E-state index < -0.39 is 0 Å². The Bertz CT molecular complexity index is 888. The van der Waals surface area contributed by atoms with Crippen LogP contribution in [0, 0.1) is 5.82 Å². The van der Waals surface area contributed by atoms with E-state index in [9.17, 15) is 9.18 Å². The lowest BCUT2D eigenvalue weighted by molar-refractivity contribution is -0.132. The molecule has 0 atom stereocenters. The second kappa shape index (κ2) is 9.88. The summed E-state index contributed by atoms with van der Waals surface area (Å²) in [5, 5.41) is 0. The van der Waals surface area contributed by atoms with Crippen LogP contribution in [-0.2, 0) is 24.4 Å². The maximum Gasteiger partial charge on any atom is 0.223 e. The molecule has 0 bridgehead atoms. The van der Waals surface area contributed by atoms with Crippen molar-refractivity contribution in [3.05, 3.63) is 95.6 Å². The summed E-state index contributed by atoms with van der Waals surface area (Å²) < 4.78 is 15.6. The average Bonchev–Trinajstić information content (AvgIpc) is 3.13. The molecule has 0 spiro atoms. The van der Waals surface area contributed by atoms with Gasteiger partial charge < -0.3 is 9.47 Å². The first-order chi connectivity index (χ1) is 13.7. The van der Waals surface area contributed by atoms with Crippen molar-refractivity contribution in [2.45, 2.75) is 45.8 Å². The molecular weight excluding hydrogens is 351 g/mol. The number of nitrogens with zero attached hydrogens (tertiary/aromatic N) is 2. The molecule has 2 aromatic carbocycles. The summed E-state index contributed by atoms with van der Waals surface area (Å²) in [5.74, 6) is -0.0594. The fraction of sp³-hybridized carbons (Fsp3) is 0.292. The van der Waals surface area contributed by atoms with Crippen molar-refractivity contribution < 1.29 is 9.18 Å². The molecule has 28 heavy (non-hydrogen) atoms. The molecule has 4 heteroatoms. The summed E-state index contributed by atoms with van der Waals surface area (Å²) in [7, 11) is 0. The minimum Gasteiger partial charge on any atom is -0.345 e. The number of carbonyl (C=O) groups excluding carboxylic acids is 1. The van der Waals surface area contributed by atoms with Crippen LogP contribution in [0.15, 0.2) is 72.9 Å². The number of halogens is 1. The van der Waals surface area contributed by atoms with Crippen LogP contribution in [0.5, 0.6) is 0 Å². The fourth-order valence-electron chi connectivity index (χ4n) is 3.30. The van der Waals surface area contributed by atoms with Gasteiger partial charge >= 0.3 is 0 Å². The van der Waals surface area contributed by atoms with Crippen LogP contribution in [0.3, 0.4) is 0 Å². The summed E-state index contributed by atoms with van der Waals surface area (Å²) in [6.07, 6.45) is 4.45. The van der Waals surface area contributed by atoms with E-state index in [1.807, 2.05) is 59.6 Å². The molecule has 0 aliphatic rings. The maximum absolute atomic E-state index is 13.5. The van der Waals surface area contributed by atoms with Crippen molar-refractivity contribution >= 4 is 5.91 Å². The Balaban J connectivity index is 1.76. The number of hydrogen-bond acceptors (Lipinski definition) is 1. The van der Waals surface area contributed by atoms with Crippen molar-refractivity contribution in [2.24, 2.45) is 0 Å². The predicted molar refractivity (Wildman–Crippen MR) is 110 cm³/mol. The number of rotatable bonds is 9. The Hall–Kier alpha value is -2.88. The number of unbranched alkanes of at least 4 members (excludes halogenated alkanes) is 1. The van der Waals surface area contributed by atoms with Gasteiger partial charge in [0.25, 0.3) is 0 Å². The van der Waals surface area contributed by atoms with Crippen LogP contribution in [0.4, 0.5) is 4.39 Å². The summed E-state index contributed by atoms with van der Waals surface area (Å²) in [6, 6.07) is 20.7. The molecule has 1 heterocycles. The van der Waals surface area contributed by atoms with E-state index in [1.165, 1.54) is 6.07 Å². The third-order valence-electron chi connectivity index (χ3n) is 4.83. The zero-order valence-corrected chi connectivity index (χ0v) is 16.4. The molecule has 3 aromatic rings. The molecule has 0 N–H and O–H groups in total. The monoisotopic (exact) mass is 378 g/mol. The summed E-state index contributed by atoms with van der Waals surface area (Å²) >= 11 is 0. The first-order valence-corrected chi connectivity index (χ1v) is 9.86. The number of carbonyl (C=O) groups is 1. The van der Waals surface area contributed by atoms with Gasteiger partial charge in [-0.05, 0) is 41.8 Å². The highest BCUT2D eigenvalue weighted by atomic mass is 19.1. The van der Waals surface area contributed by atoms with Crippen LogP contribution in [-0.4, -0.2) is 15.4 Å². The van der Waals surface area contributed by atoms with Gasteiger partial charge in [-0.1, -0.05) is 55.8 Å². The van der Waals surface area contributed by atoms with E-state index in [4.69, 9.17) is 0 Å². The molecule has 3 nitrogen and oxygen atoms in total. The van der Waals surface area contributed by atoms with Gasteiger partial charge in [-0.25, -0.2) is 4.39 Å². The third kappa shape index (κ3) is 5.56. The lowest BCUT2D eigenvalue weighted by atomic mass is 10.1. The molecule has 1 amide bonds. The largest absolute Gasteiger partial charge is 0.345 e. The van der Waals surface area contributed by atoms with E-state index in [1.54, 1.807) is 12.1 Å². The number of hydrogen-bond donors (Lipinski definition) is 0. The molecule has 146 valence electrons. The molecular formula is C24H27FN2O. The SMILES string of the molecule is CCCCC(=O)N(Cc1ccccc1)Cc1cccn1Cc1cccc(F)c1. The topological polar surface area (TPSA) is 25.2 Å². The zero-order chi connectivity index (χ0) is 19.8. The summed E-state index contributed by atoms with van der Waals surface area (Å²) in [6.45, 7) is 3.82. The first-order valence-electron chi connectivity index (χ1n) is 9.86. The second-order valence-corrected chi connectivity index (χ2v) is 7.10. The van der Waals surface area contributed by atoms with Crippen LogP contribution < -0.4 is 0 Å². The van der Waals surface area contributed by atoms with Gasteiger partial charge in [0, 0.05) is 31.4 Å². The average molecular weight is 378 g/mol. The lowest BCUT2D eigenvalue weighted by Gasteiger charge is -2.24. The first kappa shape index (κ1) is 19.9. The van der Waals surface area contributed by atoms with Gasteiger partial charge in [-0.15, -0.1) is 0 Å². The van der Waals surface area contributed by atoms with E-state index in [0.717, 1.165) is 29.7 Å². The van der Waals surface area contributed by atoms with E-state index in [-0.39, 0.29) is 11.7 Å². The molecule has 0 saturated carbocycles. The highest BCUT2D eigenvalue weighted by Gasteiger charge is 2.16. The lowest BCUT2D eigenvalue weighted by Crippen LogP contribution is -2.30.